The molecule has 0 aliphatic heterocycles. The van der Waals surface area contributed by atoms with Crippen LogP contribution in [-0.2, 0) is 0 Å². The van der Waals surface area contributed by atoms with Crippen LogP contribution in [0.5, 0.6) is 0 Å². The van der Waals surface area contributed by atoms with Crippen LogP contribution < -0.4 is 11.1 Å². The van der Waals surface area contributed by atoms with Crippen LogP contribution in [-0.4, -0.2) is 6.54 Å². The Morgan fingerprint density at radius 3 is 2.75 bits per heavy atom. The van der Waals surface area contributed by atoms with Crippen molar-refractivity contribution in [3.05, 3.63) is 24.3 Å². The zero-order chi connectivity index (χ0) is 8.97. The van der Waals surface area contributed by atoms with Crippen molar-refractivity contribution >= 4 is 11.4 Å². The molecule has 0 saturated heterocycles. The SMILES string of the molecule is CC(C)CNc1cccc(N)c1. The van der Waals surface area contributed by atoms with Crippen LogP contribution in [0, 0.1) is 5.92 Å². The lowest BCUT2D eigenvalue weighted by atomic mass is 10.2. The maximum Gasteiger partial charge on any atom is 0.0360 e. The molecule has 1 aromatic carbocycles. The standard InChI is InChI=1S/C10H16N2/c1-8(2)7-12-10-5-3-4-9(11)6-10/h3-6,8,12H,7,11H2,1-2H3. The molecule has 1 rings (SSSR count). The summed E-state index contributed by atoms with van der Waals surface area (Å²) in [7, 11) is 0. The number of hydrogen-bond acceptors (Lipinski definition) is 2. The molecular formula is C10H16N2. The number of hydrogen-bond donors (Lipinski definition) is 2. The van der Waals surface area contributed by atoms with Gasteiger partial charge in [0.2, 0.25) is 0 Å². The third-order valence-corrected chi connectivity index (χ3v) is 1.60. The molecule has 0 fully saturated rings. The lowest BCUT2D eigenvalue weighted by Gasteiger charge is -2.08. The molecule has 0 atom stereocenters. The maximum absolute atomic E-state index is 5.62. The summed E-state index contributed by atoms with van der Waals surface area (Å²) >= 11 is 0. The summed E-state index contributed by atoms with van der Waals surface area (Å²) in [5.74, 6) is 0.659. The molecule has 12 heavy (non-hydrogen) atoms. The monoisotopic (exact) mass is 164 g/mol. The van der Waals surface area contributed by atoms with E-state index in [1.807, 2.05) is 24.3 Å². The van der Waals surface area contributed by atoms with Crippen LogP contribution >= 0.6 is 0 Å². The Balaban J connectivity index is 2.52. The minimum absolute atomic E-state index is 0.659. The fraction of sp³-hybridized carbons (Fsp3) is 0.400. The van der Waals surface area contributed by atoms with E-state index in [-0.39, 0.29) is 0 Å². The van der Waals surface area contributed by atoms with Gasteiger partial charge in [-0.25, -0.2) is 0 Å². The minimum atomic E-state index is 0.659. The van der Waals surface area contributed by atoms with Crippen molar-refractivity contribution in [3.8, 4) is 0 Å². The predicted octanol–water partition coefficient (Wildman–Crippen LogP) is 2.34. The van der Waals surface area contributed by atoms with E-state index in [2.05, 4.69) is 19.2 Å². The second kappa shape index (κ2) is 4.00. The van der Waals surface area contributed by atoms with Crippen LogP contribution in [0.3, 0.4) is 0 Å². The predicted molar refractivity (Wildman–Crippen MR) is 54.2 cm³/mol. The number of anilines is 2. The molecule has 0 bridgehead atoms. The highest BCUT2D eigenvalue weighted by Crippen LogP contribution is 2.11. The highest BCUT2D eigenvalue weighted by atomic mass is 14.9. The van der Waals surface area contributed by atoms with Gasteiger partial charge in [-0.05, 0) is 24.1 Å². The number of nitrogens with two attached hydrogens (primary N) is 1. The van der Waals surface area contributed by atoms with Gasteiger partial charge in [0.25, 0.3) is 0 Å². The molecule has 2 heteroatoms. The van der Waals surface area contributed by atoms with Crippen molar-refractivity contribution in [1.82, 2.24) is 0 Å². The fourth-order valence-electron chi connectivity index (χ4n) is 0.971. The van der Waals surface area contributed by atoms with E-state index >= 15 is 0 Å². The maximum atomic E-state index is 5.62. The molecule has 0 amide bonds. The van der Waals surface area contributed by atoms with Crippen molar-refractivity contribution in [2.75, 3.05) is 17.6 Å². The summed E-state index contributed by atoms with van der Waals surface area (Å²) in [5.41, 5.74) is 7.53. The smallest absolute Gasteiger partial charge is 0.0360 e. The average molecular weight is 164 g/mol. The van der Waals surface area contributed by atoms with Gasteiger partial charge in [0, 0.05) is 17.9 Å². The third-order valence-electron chi connectivity index (χ3n) is 1.60. The Hall–Kier alpha value is -1.18. The summed E-state index contributed by atoms with van der Waals surface area (Å²) < 4.78 is 0. The van der Waals surface area contributed by atoms with Crippen LogP contribution in [0.25, 0.3) is 0 Å². The quantitative estimate of drug-likeness (QED) is 0.673. The van der Waals surface area contributed by atoms with Crippen LogP contribution in [0.4, 0.5) is 11.4 Å². The fourth-order valence-corrected chi connectivity index (χ4v) is 0.971. The topological polar surface area (TPSA) is 38.0 Å². The highest BCUT2D eigenvalue weighted by Gasteiger charge is 1.94. The summed E-state index contributed by atoms with van der Waals surface area (Å²) in [6.07, 6.45) is 0. The van der Waals surface area contributed by atoms with Gasteiger partial charge in [-0.1, -0.05) is 19.9 Å². The van der Waals surface area contributed by atoms with E-state index in [4.69, 9.17) is 5.73 Å². The molecular weight excluding hydrogens is 148 g/mol. The first-order valence-electron chi connectivity index (χ1n) is 4.28. The van der Waals surface area contributed by atoms with Gasteiger partial charge in [0.05, 0.1) is 0 Å². The molecule has 0 saturated carbocycles. The van der Waals surface area contributed by atoms with Crippen LogP contribution in [0.2, 0.25) is 0 Å². The largest absolute Gasteiger partial charge is 0.399 e. The van der Waals surface area contributed by atoms with E-state index in [9.17, 15) is 0 Å². The lowest BCUT2D eigenvalue weighted by Crippen LogP contribution is -2.07. The van der Waals surface area contributed by atoms with Gasteiger partial charge >= 0.3 is 0 Å². The summed E-state index contributed by atoms with van der Waals surface area (Å²) in [6.45, 7) is 5.35. The van der Waals surface area contributed by atoms with E-state index in [1.54, 1.807) is 0 Å². The summed E-state index contributed by atoms with van der Waals surface area (Å²) in [6, 6.07) is 7.82. The first-order valence-corrected chi connectivity index (χ1v) is 4.28. The van der Waals surface area contributed by atoms with Gasteiger partial charge in [0.15, 0.2) is 0 Å². The van der Waals surface area contributed by atoms with Crippen LogP contribution in [0.15, 0.2) is 24.3 Å². The van der Waals surface area contributed by atoms with Crippen molar-refractivity contribution in [1.29, 1.82) is 0 Å². The molecule has 0 unspecified atom stereocenters. The molecule has 0 spiro atoms. The average Bonchev–Trinajstić information content (AvgIpc) is 2.01. The molecule has 0 radical (unpaired) electrons. The summed E-state index contributed by atoms with van der Waals surface area (Å²) in [5, 5.41) is 3.30. The first kappa shape index (κ1) is 8.91. The lowest BCUT2D eigenvalue weighted by molar-refractivity contribution is 0.689. The number of nitrogen functional groups attached to an aromatic ring is 1. The molecule has 0 heterocycles. The molecule has 0 aliphatic carbocycles. The van der Waals surface area contributed by atoms with Gasteiger partial charge in [-0.2, -0.15) is 0 Å². The van der Waals surface area contributed by atoms with Gasteiger partial charge in [-0.15, -0.1) is 0 Å². The van der Waals surface area contributed by atoms with E-state index in [1.165, 1.54) is 0 Å². The van der Waals surface area contributed by atoms with Crippen molar-refractivity contribution < 1.29 is 0 Å². The summed E-state index contributed by atoms with van der Waals surface area (Å²) in [4.78, 5) is 0. The molecule has 1 aromatic rings. The Morgan fingerprint density at radius 1 is 1.42 bits per heavy atom. The van der Waals surface area contributed by atoms with Crippen LogP contribution in [0.1, 0.15) is 13.8 Å². The highest BCUT2D eigenvalue weighted by molar-refractivity contribution is 5.53. The van der Waals surface area contributed by atoms with Gasteiger partial charge in [0.1, 0.15) is 0 Å². The van der Waals surface area contributed by atoms with E-state index < -0.39 is 0 Å². The number of benzene rings is 1. The normalized spacial score (nSPS) is 10.2. The Morgan fingerprint density at radius 2 is 2.17 bits per heavy atom. The zero-order valence-corrected chi connectivity index (χ0v) is 7.67. The Labute approximate surface area is 73.8 Å². The molecule has 66 valence electrons. The second-order valence-electron chi connectivity index (χ2n) is 3.40. The molecule has 2 nitrogen and oxygen atoms in total. The van der Waals surface area contributed by atoms with Crippen molar-refractivity contribution in [3.63, 3.8) is 0 Å². The van der Waals surface area contributed by atoms with E-state index in [0.29, 0.717) is 5.92 Å². The number of rotatable bonds is 3. The van der Waals surface area contributed by atoms with Gasteiger partial charge < -0.3 is 11.1 Å². The molecule has 3 N–H and O–H groups in total. The zero-order valence-electron chi connectivity index (χ0n) is 7.67. The van der Waals surface area contributed by atoms with Crippen molar-refractivity contribution in [2.45, 2.75) is 13.8 Å². The first-order chi connectivity index (χ1) is 5.68. The Kier molecular flexibility index (Phi) is 2.97. The van der Waals surface area contributed by atoms with Crippen molar-refractivity contribution in [2.24, 2.45) is 5.92 Å². The van der Waals surface area contributed by atoms with Gasteiger partial charge in [-0.3, -0.25) is 0 Å². The second-order valence-corrected chi connectivity index (χ2v) is 3.40. The Bertz CT molecular complexity index is 243. The molecule has 0 aliphatic rings. The third kappa shape index (κ3) is 2.82. The molecule has 0 aromatic heterocycles. The van der Waals surface area contributed by atoms with E-state index in [0.717, 1.165) is 17.9 Å². The number of nitrogens with one attached hydrogen (secondary N) is 1. The minimum Gasteiger partial charge on any atom is -0.399 e.